The Balaban J connectivity index is 2.31. The maximum Gasteiger partial charge on any atom is 0.128 e. The lowest BCUT2D eigenvalue weighted by Gasteiger charge is -2.07. The fourth-order valence-corrected chi connectivity index (χ4v) is 1.74. The summed E-state index contributed by atoms with van der Waals surface area (Å²) < 4.78 is 5.59. The topological polar surface area (TPSA) is 49.9 Å². The maximum absolute atomic E-state index is 5.59. The second-order valence-electron chi connectivity index (χ2n) is 3.74. The van der Waals surface area contributed by atoms with Gasteiger partial charge in [0.2, 0.25) is 0 Å². The molecule has 0 bridgehead atoms. The van der Waals surface area contributed by atoms with E-state index in [-0.39, 0.29) is 0 Å². The number of nitrogens with zero attached hydrogens (tertiary/aromatic N) is 1. The smallest absolute Gasteiger partial charge is 0.128 e. The van der Waals surface area contributed by atoms with Gasteiger partial charge in [-0.2, -0.15) is 5.10 Å². The van der Waals surface area contributed by atoms with Crippen LogP contribution < -0.4 is 10.1 Å². The van der Waals surface area contributed by atoms with E-state index in [1.54, 1.807) is 0 Å². The minimum atomic E-state index is 0.658. The van der Waals surface area contributed by atoms with Crippen LogP contribution in [0.5, 0.6) is 5.75 Å². The van der Waals surface area contributed by atoms with Gasteiger partial charge in [0.15, 0.2) is 0 Å². The number of aromatic nitrogens is 2. The summed E-state index contributed by atoms with van der Waals surface area (Å²) in [6.45, 7) is 3.42. The molecule has 1 heterocycles. The second kappa shape index (κ2) is 5.50. The molecule has 2 aromatic rings. The zero-order valence-electron chi connectivity index (χ0n) is 10.2. The highest BCUT2D eigenvalue weighted by atomic mass is 16.5. The van der Waals surface area contributed by atoms with Crippen molar-refractivity contribution in [2.75, 3.05) is 13.7 Å². The van der Waals surface area contributed by atoms with Crippen molar-refractivity contribution in [2.24, 2.45) is 0 Å². The highest BCUT2D eigenvalue weighted by molar-refractivity contribution is 5.67. The molecule has 4 heteroatoms. The average Bonchev–Trinajstić information content (AvgIpc) is 2.79. The zero-order chi connectivity index (χ0) is 12.1. The Morgan fingerprint density at radius 1 is 1.35 bits per heavy atom. The van der Waals surface area contributed by atoms with E-state index in [4.69, 9.17) is 4.74 Å². The summed E-state index contributed by atoms with van der Waals surface area (Å²) in [5.74, 6) is 0.873. The van der Waals surface area contributed by atoms with Crippen LogP contribution in [0.25, 0.3) is 11.3 Å². The second-order valence-corrected chi connectivity index (χ2v) is 3.74. The highest BCUT2D eigenvalue weighted by Gasteiger charge is 2.08. The molecule has 2 N–H and O–H groups in total. The number of para-hydroxylation sites is 1. The molecule has 2 rings (SSSR count). The summed E-state index contributed by atoms with van der Waals surface area (Å²) in [6.07, 6.45) is 0. The van der Waals surface area contributed by atoms with E-state index in [9.17, 15) is 0 Å². The van der Waals surface area contributed by atoms with Gasteiger partial charge in [-0.3, -0.25) is 5.10 Å². The van der Waals surface area contributed by atoms with E-state index < -0.39 is 0 Å². The molecule has 0 amide bonds. The lowest BCUT2D eigenvalue weighted by atomic mass is 10.1. The quantitative estimate of drug-likeness (QED) is 0.829. The largest absolute Gasteiger partial charge is 0.493 e. The van der Waals surface area contributed by atoms with Crippen LogP contribution in [0, 0.1) is 0 Å². The lowest BCUT2D eigenvalue weighted by molar-refractivity contribution is 0.341. The van der Waals surface area contributed by atoms with Crippen molar-refractivity contribution in [3.63, 3.8) is 0 Å². The van der Waals surface area contributed by atoms with Crippen molar-refractivity contribution in [1.82, 2.24) is 15.5 Å². The third-order valence-electron chi connectivity index (χ3n) is 2.46. The van der Waals surface area contributed by atoms with Gasteiger partial charge in [0.1, 0.15) is 5.75 Å². The SMILES string of the molecule is CCOc1ccccc1-c1cc(CNC)[nH]n1. The molecular weight excluding hydrogens is 214 g/mol. The Bertz CT molecular complexity index is 479. The van der Waals surface area contributed by atoms with Gasteiger partial charge in [0, 0.05) is 17.8 Å². The standard InChI is InChI=1S/C13H17N3O/c1-3-17-13-7-5-4-6-11(13)12-8-10(9-14-2)15-16-12/h4-8,14H,3,9H2,1-2H3,(H,15,16). The number of benzene rings is 1. The highest BCUT2D eigenvalue weighted by Crippen LogP contribution is 2.28. The van der Waals surface area contributed by atoms with Crippen LogP contribution in [0.4, 0.5) is 0 Å². The predicted octanol–water partition coefficient (Wildman–Crippen LogP) is 2.19. The number of hydrogen-bond acceptors (Lipinski definition) is 3. The van der Waals surface area contributed by atoms with Crippen molar-refractivity contribution in [1.29, 1.82) is 0 Å². The molecule has 0 saturated carbocycles. The normalized spacial score (nSPS) is 10.5. The predicted molar refractivity (Wildman–Crippen MR) is 68.0 cm³/mol. The monoisotopic (exact) mass is 231 g/mol. The first-order valence-electron chi connectivity index (χ1n) is 5.76. The molecule has 0 aliphatic heterocycles. The molecule has 0 atom stereocenters. The van der Waals surface area contributed by atoms with E-state index >= 15 is 0 Å². The van der Waals surface area contributed by atoms with Crippen molar-refractivity contribution < 1.29 is 4.74 Å². The van der Waals surface area contributed by atoms with Gasteiger partial charge in [0.05, 0.1) is 12.3 Å². The van der Waals surface area contributed by atoms with E-state index in [1.807, 2.05) is 44.3 Å². The molecule has 0 saturated heterocycles. The molecule has 90 valence electrons. The molecule has 0 unspecified atom stereocenters. The van der Waals surface area contributed by atoms with Crippen molar-refractivity contribution in [3.05, 3.63) is 36.0 Å². The van der Waals surface area contributed by atoms with Gasteiger partial charge in [-0.05, 0) is 32.2 Å². The number of hydrogen-bond donors (Lipinski definition) is 2. The van der Waals surface area contributed by atoms with E-state index in [0.717, 1.165) is 29.2 Å². The molecule has 17 heavy (non-hydrogen) atoms. The molecule has 4 nitrogen and oxygen atoms in total. The van der Waals surface area contributed by atoms with E-state index in [1.165, 1.54) is 0 Å². The zero-order valence-corrected chi connectivity index (χ0v) is 10.2. The molecule has 0 aliphatic carbocycles. The van der Waals surface area contributed by atoms with Crippen molar-refractivity contribution in [3.8, 4) is 17.0 Å². The van der Waals surface area contributed by atoms with Gasteiger partial charge in [-0.1, -0.05) is 12.1 Å². The fourth-order valence-electron chi connectivity index (χ4n) is 1.74. The maximum atomic E-state index is 5.59. The Morgan fingerprint density at radius 3 is 2.94 bits per heavy atom. The summed E-state index contributed by atoms with van der Waals surface area (Å²) >= 11 is 0. The molecule has 0 spiro atoms. The Hall–Kier alpha value is -1.81. The van der Waals surface area contributed by atoms with Crippen LogP contribution >= 0.6 is 0 Å². The van der Waals surface area contributed by atoms with Crippen LogP contribution in [0.3, 0.4) is 0 Å². The summed E-state index contributed by atoms with van der Waals surface area (Å²) in [7, 11) is 1.91. The fraction of sp³-hybridized carbons (Fsp3) is 0.308. The third kappa shape index (κ3) is 2.65. The third-order valence-corrected chi connectivity index (χ3v) is 2.46. The first kappa shape index (κ1) is 11.7. The number of aromatic amines is 1. The Labute approximate surface area is 101 Å². The molecule has 1 aromatic carbocycles. The van der Waals surface area contributed by atoms with Crippen LogP contribution in [-0.4, -0.2) is 23.9 Å². The van der Waals surface area contributed by atoms with Crippen molar-refractivity contribution >= 4 is 0 Å². The summed E-state index contributed by atoms with van der Waals surface area (Å²) in [5, 5.41) is 10.4. The molecule has 0 aliphatic rings. The van der Waals surface area contributed by atoms with Crippen LogP contribution in [0.1, 0.15) is 12.6 Å². The first-order chi connectivity index (χ1) is 8.35. The van der Waals surface area contributed by atoms with Gasteiger partial charge in [0.25, 0.3) is 0 Å². The number of ether oxygens (including phenoxy) is 1. The minimum absolute atomic E-state index is 0.658. The molecule has 0 radical (unpaired) electrons. The average molecular weight is 231 g/mol. The molecule has 1 aromatic heterocycles. The van der Waals surface area contributed by atoms with Crippen LogP contribution in [0.15, 0.2) is 30.3 Å². The van der Waals surface area contributed by atoms with E-state index in [0.29, 0.717) is 6.61 Å². The lowest BCUT2D eigenvalue weighted by Crippen LogP contribution is -2.04. The summed E-state index contributed by atoms with van der Waals surface area (Å²) in [5.41, 5.74) is 3.00. The van der Waals surface area contributed by atoms with Crippen LogP contribution in [0.2, 0.25) is 0 Å². The molecular formula is C13H17N3O. The molecule has 0 fully saturated rings. The number of rotatable bonds is 5. The Morgan fingerprint density at radius 2 is 2.18 bits per heavy atom. The van der Waals surface area contributed by atoms with Gasteiger partial charge in [-0.25, -0.2) is 0 Å². The van der Waals surface area contributed by atoms with Gasteiger partial charge >= 0.3 is 0 Å². The van der Waals surface area contributed by atoms with Crippen molar-refractivity contribution in [2.45, 2.75) is 13.5 Å². The number of nitrogens with one attached hydrogen (secondary N) is 2. The summed E-state index contributed by atoms with van der Waals surface area (Å²) in [4.78, 5) is 0. The van der Waals surface area contributed by atoms with Gasteiger partial charge in [-0.15, -0.1) is 0 Å². The Kier molecular flexibility index (Phi) is 3.77. The number of H-pyrrole nitrogens is 1. The summed E-state index contributed by atoms with van der Waals surface area (Å²) in [6, 6.07) is 9.98. The minimum Gasteiger partial charge on any atom is -0.493 e. The first-order valence-corrected chi connectivity index (χ1v) is 5.76. The van der Waals surface area contributed by atoms with E-state index in [2.05, 4.69) is 15.5 Å². The van der Waals surface area contributed by atoms with Crippen LogP contribution in [-0.2, 0) is 6.54 Å². The van der Waals surface area contributed by atoms with Gasteiger partial charge < -0.3 is 10.1 Å².